The Morgan fingerprint density at radius 2 is 2.23 bits per heavy atom. The zero-order chi connectivity index (χ0) is 16.1. The van der Waals surface area contributed by atoms with Gasteiger partial charge in [-0.05, 0) is 19.9 Å². The molecule has 2 amide bonds. The fourth-order valence-electron chi connectivity index (χ4n) is 2.30. The number of methoxy groups -OCH3 is 1. The second-order valence-electron chi connectivity index (χ2n) is 4.88. The quantitative estimate of drug-likeness (QED) is 0.803. The zero-order valence-electron chi connectivity index (χ0n) is 13.1. The van der Waals surface area contributed by atoms with Crippen LogP contribution >= 0.6 is 0 Å². The lowest BCUT2D eigenvalue weighted by molar-refractivity contribution is -0.125. The van der Waals surface area contributed by atoms with Crippen LogP contribution in [0, 0.1) is 0 Å². The zero-order valence-corrected chi connectivity index (χ0v) is 13.1. The van der Waals surface area contributed by atoms with E-state index in [1.165, 1.54) is 7.11 Å². The molecule has 0 unspecified atom stereocenters. The van der Waals surface area contributed by atoms with E-state index in [9.17, 15) is 9.59 Å². The van der Waals surface area contributed by atoms with E-state index >= 15 is 0 Å². The number of aromatic nitrogens is 1. The second-order valence-corrected chi connectivity index (χ2v) is 4.88. The van der Waals surface area contributed by atoms with Gasteiger partial charge in [0.25, 0.3) is 5.91 Å². The van der Waals surface area contributed by atoms with E-state index in [1.807, 2.05) is 13.8 Å². The third kappa shape index (κ3) is 3.36. The lowest BCUT2D eigenvalue weighted by atomic mass is 10.1. The van der Waals surface area contributed by atoms with Crippen LogP contribution in [0.4, 0.5) is 0 Å². The predicted molar refractivity (Wildman–Crippen MR) is 79.5 cm³/mol. The van der Waals surface area contributed by atoms with Crippen LogP contribution in [0.15, 0.2) is 6.07 Å². The summed E-state index contributed by atoms with van der Waals surface area (Å²) in [6.45, 7) is 5.63. The summed E-state index contributed by atoms with van der Waals surface area (Å²) in [4.78, 5) is 29.9. The highest BCUT2D eigenvalue weighted by Gasteiger charge is 2.29. The van der Waals surface area contributed by atoms with E-state index in [4.69, 9.17) is 9.47 Å². The summed E-state index contributed by atoms with van der Waals surface area (Å²) in [6, 6.07) is 1.75. The number of amides is 2. The average Bonchev–Trinajstić information content (AvgIpc) is 2.85. The predicted octanol–water partition coefficient (Wildman–Crippen LogP) is 0.719. The number of hydrogen-bond donors (Lipinski definition) is 1. The number of fused-ring (bicyclic) bond motifs is 1. The Hall–Kier alpha value is -2.15. The lowest BCUT2D eigenvalue weighted by Crippen LogP contribution is -2.27. The van der Waals surface area contributed by atoms with Crippen molar-refractivity contribution < 1.29 is 19.1 Å². The summed E-state index contributed by atoms with van der Waals surface area (Å²) in [5.74, 6) is 0.182. The molecule has 1 N–H and O–H groups in total. The standard InChI is InChI=1S/C15H21N3O4/c1-4-18-8-12-11(15(18)20)6-10(14(17-12)21-3)7-16-13(19)9-22-5-2/h6H,4-5,7-9H2,1-3H3,(H,16,19). The number of hydrogen-bond acceptors (Lipinski definition) is 5. The molecule has 0 aliphatic carbocycles. The maximum atomic E-state index is 12.2. The first-order valence-electron chi connectivity index (χ1n) is 7.31. The van der Waals surface area contributed by atoms with Crippen molar-refractivity contribution >= 4 is 11.8 Å². The van der Waals surface area contributed by atoms with E-state index in [2.05, 4.69) is 10.3 Å². The number of carbonyl (C=O) groups excluding carboxylic acids is 2. The van der Waals surface area contributed by atoms with Gasteiger partial charge in [0.15, 0.2) is 0 Å². The molecule has 7 heteroatoms. The Bertz CT molecular complexity index is 574. The molecule has 0 bridgehead atoms. The highest BCUT2D eigenvalue weighted by atomic mass is 16.5. The van der Waals surface area contributed by atoms with Crippen molar-refractivity contribution in [3.63, 3.8) is 0 Å². The molecule has 0 fully saturated rings. The Balaban J connectivity index is 2.14. The van der Waals surface area contributed by atoms with Crippen LogP contribution in [0.25, 0.3) is 0 Å². The highest BCUT2D eigenvalue weighted by molar-refractivity contribution is 5.98. The lowest BCUT2D eigenvalue weighted by Gasteiger charge is -2.10. The minimum Gasteiger partial charge on any atom is -0.481 e. The molecule has 0 saturated heterocycles. The summed E-state index contributed by atoms with van der Waals surface area (Å²) in [5.41, 5.74) is 1.97. The van der Waals surface area contributed by atoms with Crippen molar-refractivity contribution in [2.45, 2.75) is 26.9 Å². The van der Waals surface area contributed by atoms with E-state index in [-0.39, 0.29) is 25.0 Å². The monoisotopic (exact) mass is 307 g/mol. The van der Waals surface area contributed by atoms with Crippen LogP contribution in [-0.2, 0) is 22.6 Å². The van der Waals surface area contributed by atoms with Gasteiger partial charge in [0.1, 0.15) is 6.61 Å². The normalized spacial score (nSPS) is 13.2. The molecular formula is C15H21N3O4. The van der Waals surface area contributed by atoms with Crippen molar-refractivity contribution in [3.05, 3.63) is 22.9 Å². The first-order valence-corrected chi connectivity index (χ1v) is 7.31. The van der Waals surface area contributed by atoms with Crippen LogP contribution in [-0.4, -0.2) is 48.6 Å². The minimum absolute atomic E-state index is 0.0136. The molecule has 1 aromatic heterocycles. The minimum atomic E-state index is -0.217. The first-order chi connectivity index (χ1) is 10.6. The Morgan fingerprint density at radius 3 is 2.86 bits per heavy atom. The van der Waals surface area contributed by atoms with Gasteiger partial charge in [-0.3, -0.25) is 9.59 Å². The number of carbonyl (C=O) groups is 2. The third-order valence-electron chi connectivity index (χ3n) is 3.49. The van der Waals surface area contributed by atoms with Gasteiger partial charge in [0.2, 0.25) is 11.8 Å². The van der Waals surface area contributed by atoms with Crippen LogP contribution in [0.2, 0.25) is 0 Å². The molecule has 0 aromatic carbocycles. The highest BCUT2D eigenvalue weighted by Crippen LogP contribution is 2.26. The van der Waals surface area contributed by atoms with E-state index in [0.29, 0.717) is 42.4 Å². The number of nitrogens with zero attached hydrogens (tertiary/aromatic N) is 2. The molecular weight excluding hydrogens is 286 g/mol. The summed E-state index contributed by atoms with van der Waals surface area (Å²) in [5, 5.41) is 2.73. The molecule has 7 nitrogen and oxygen atoms in total. The van der Waals surface area contributed by atoms with Gasteiger partial charge in [-0.1, -0.05) is 0 Å². The molecule has 120 valence electrons. The van der Waals surface area contributed by atoms with Crippen LogP contribution < -0.4 is 10.1 Å². The molecule has 1 aromatic rings. The van der Waals surface area contributed by atoms with Crippen LogP contribution in [0.5, 0.6) is 5.88 Å². The molecule has 0 saturated carbocycles. The molecule has 1 aliphatic heterocycles. The summed E-state index contributed by atoms with van der Waals surface area (Å²) >= 11 is 0. The van der Waals surface area contributed by atoms with Gasteiger partial charge < -0.3 is 19.7 Å². The van der Waals surface area contributed by atoms with Crippen molar-refractivity contribution in [2.24, 2.45) is 0 Å². The van der Waals surface area contributed by atoms with Gasteiger partial charge in [0.05, 0.1) is 24.9 Å². The summed E-state index contributed by atoms with van der Waals surface area (Å²) in [6.07, 6.45) is 0. The van der Waals surface area contributed by atoms with E-state index in [1.54, 1.807) is 11.0 Å². The van der Waals surface area contributed by atoms with Gasteiger partial charge in [0, 0.05) is 25.3 Å². The molecule has 0 radical (unpaired) electrons. The topological polar surface area (TPSA) is 80.8 Å². The van der Waals surface area contributed by atoms with Crippen LogP contribution in [0.1, 0.15) is 35.5 Å². The molecule has 2 heterocycles. The molecule has 0 atom stereocenters. The first kappa shape index (κ1) is 16.2. The Morgan fingerprint density at radius 1 is 1.45 bits per heavy atom. The van der Waals surface area contributed by atoms with Crippen molar-refractivity contribution in [2.75, 3.05) is 26.9 Å². The number of nitrogens with one attached hydrogen (secondary N) is 1. The number of rotatable bonds is 7. The number of ether oxygens (including phenoxy) is 2. The Kier molecular flexibility index (Phi) is 5.32. The average molecular weight is 307 g/mol. The van der Waals surface area contributed by atoms with Crippen molar-refractivity contribution in [1.82, 2.24) is 15.2 Å². The molecule has 1 aliphatic rings. The van der Waals surface area contributed by atoms with Crippen molar-refractivity contribution in [3.8, 4) is 5.88 Å². The van der Waals surface area contributed by atoms with Gasteiger partial charge in [-0.25, -0.2) is 4.98 Å². The van der Waals surface area contributed by atoms with Gasteiger partial charge >= 0.3 is 0 Å². The fourth-order valence-corrected chi connectivity index (χ4v) is 2.30. The van der Waals surface area contributed by atoms with Gasteiger partial charge in [-0.15, -0.1) is 0 Å². The second kappa shape index (κ2) is 7.22. The van der Waals surface area contributed by atoms with Gasteiger partial charge in [-0.2, -0.15) is 0 Å². The molecule has 0 spiro atoms. The largest absolute Gasteiger partial charge is 0.481 e. The third-order valence-corrected chi connectivity index (χ3v) is 3.49. The maximum absolute atomic E-state index is 12.2. The van der Waals surface area contributed by atoms with Crippen molar-refractivity contribution in [1.29, 1.82) is 0 Å². The summed E-state index contributed by atoms with van der Waals surface area (Å²) < 4.78 is 10.3. The fraction of sp³-hybridized carbons (Fsp3) is 0.533. The maximum Gasteiger partial charge on any atom is 0.256 e. The van der Waals surface area contributed by atoms with E-state index in [0.717, 1.165) is 0 Å². The Labute approximate surface area is 129 Å². The molecule has 22 heavy (non-hydrogen) atoms. The number of pyridine rings is 1. The van der Waals surface area contributed by atoms with Crippen LogP contribution in [0.3, 0.4) is 0 Å². The molecule has 2 rings (SSSR count). The van der Waals surface area contributed by atoms with E-state index < -0.39 is 0 Å². The smallest absolute Gasteiger partial charge is 0.256 e. The SMILES string of the molecule is CCOCC(=O)NCc1cc2c(nc1OC)CN(CC)C2=O. The summed E-state index contributed by atoms with van der Waals surface area (Å²) in [7, 11) is 1.52.